The molecule has 2 saturated heterocycles. The van der Waals surface area contributed by atoms with Crippen molar-refractivity contribution in [1.82, 2.24) is 15.0 Å². The molecule has 3 aromatic rings. The van der Waals surface area contributed by atoms with Gasteiger partial charge in [0.05, 0.1) is 11.4 Å². The number of thiazole rings is 1. The Balaban J connectivity index is 1.23. The zero-order valence-electron chi connectivity index (χ0n) is 20.9. The van der Waals surface area contributed by atoms with E-state index in [1.54, 1.807) is 6.33 Å². The largest absolute Gasteiger partial charge is 0.381 e. The fourth-order valence-corrected chi connectivity index (χ4v) is 6.63. The first-order chi connectivity index (χ1) is 18.2. The van der Waals surface area contributed by atoms with Crippen LogP contribution in [0.2, 0.25) is 0 Å². The zero-order chi connectivity index (χ0) is 25.2. The second-order valence-corrected chi connectivity index (χ2v) is 11.3. The summed E-state index contributed by atoms with van der Waals surface area (Å²) >= 11 is 1.25. The molecule has 0 spiro atoms. The number of nitrogens with one attached hydrogen (secondary N) is 1. The minimum atomic E-state index is -0.306. The highest BCUT2D eigenvalue weighted by Gasteiger charge is 2.33. The highest BCUT2D eigenvalue weighted by Crippen LogP contribution is 2.43. The minimum Gasteiger partial charge on any atom is -0.381 e. The van der Waals surface area contributed by atoms with Crippen molar-refractivity contribution >= 4 is 44.7 Å². The van der Waals surface area contributed by atoms with E-state index in [2.05, 4.69) is 33.1 Å². The fourth-order valence-electron chi connectivity index (χ4n) is 5.76. The summed E-state index contributed by atoms with van der Waals surface area (Å²) in [6.45, 7) is 3.94. The number of fused-ring (bicyclic) bond motifs is 2. The third-order valence-electron chi connectivity index (χ3n) is 7.91. The number of ether oxygens (including phenoxy) is 2. The summed E-state index contributed by atoms with van der Waals surface area (Å²) in [5.41, 5.74) is 2.99. The standard InChI is InChI=1S/C28H31N5O3S/c29-22(15-19-9-13-36-14-10-19)25(34)28-32-24-26(30-17-31-27(24)37-28)33-16-20(21-3-1-2-4-23(21)33)6-5-18-7-11-35-12-8-18/h2,4,17-20,29H,5-16H2. The maximum absolute atomic E-state index is 13.1. The predicted molar refractivity (Wildman–Crippen MR) is 142 cm³/mol. The maximum atomic E-state index is 13.1. The topological polar surface area (TPSA) is 101 Å². The van der Waals surface area contributed by atoms with Crippen molar-refractivity contribution in [1.29, 1.82) is 5.41 Å². The van der Waals surface area contributed by atoms with E-state index in [0.717, 1.165) is 57.6 Å². The molecule has 6 rings (SSSR count). The Morgan fingerprint density at radius 1 is 1.08 bits per heavy atom. The molecular weight excluding hydrogens is 486 g/mol. The van der Waals surface area contributed by atoms with Crippen LogP contribution in [0, 0.1) is 29.4 Å². The van der Waals surface area contributed by atoms with Gasteiger partial charge in [-0.1, -0.05) is 23.5 Å². The second-order valence-electron chi connectivity index (χ2n) is 10.3. The molecule has 2 aromatic heterocycles. The molecule has 0 bridgehead atoms. The normalized spacial score (nSPS) is 20.6. The molecule has 192 valence electrons. The fraction of sp³-hybridized carbons (Fsp3) is 0.536. The highest BCUT2D eigenvalue weighted by atomic mass is 32.1. The number of rotatable bonds is 8. The van der Waals surface area contributed by atoms with E-state index in [4.69, 9.17) is 19.9 Å². The van der Waals surface area contributed by atoms with Crippen LogP contribution in [0.5, 0.6) is 0 Å². The van der Waals surface area contributed by atoms with E-state index < -0.39 is 0 Å². The quantitative estimate of drug-likeness (QED) is 0.326. The average molecular weight is 518 g/mol. The monoisotopic (exact) mass is 517 g/mol. The summed E-state index contributed by atoms with van der Waals surface area (Å²) in [7, 11) is 0. The number of carbonyl (C=O) groups is 1. The van der Waals surface area contributed by atoms with E-state index in [1.807, 2.05) is 6.07 Å². The van der Waals surface area contributed by atoms with Crippen LogP contribution in [0.4, 0.5) is 11.5 Å². The summed E-state index contributed by atoms with van der Waals surface area (Å²) in [6.07, 6.45) is 8.34. The van der Waals surface area contributed by atoms with Crippen LogP contribution in [0.15, 0.2) is 18.5 Å². The van der Waals surface area contributed by atoms with Gasteiger partial charge >= 0.3 is 0 Å². The molecule has 37 heavy (non-hydrogen) atoms. The lowest BCUT2D eigenvalue weighted by atomic mass is 9.89. The van der Waals surface area contributed by atoms with Crippen molar-refractivity contribution in [2.24, 2.45) is 11.8 Å². The van der Waals surface area contributed by atoms with Crippen molar-refractivity contribution in [2.45, 2.75) is 50.9 Å². The van der Waals surface area contributed by atoms with Gasteiger partial charge in [-0.25, -0.2) is 15.0 Å². The van der Waals surface area contributed by atoms with Crippen LogP contribution in [-0.2, 0) is 9.47 Å². The third-order valence-corrected chi connectivity index (χ3v) is 8.87. The Kier molecular flexibility index (Phi) is 7.14. The summed E-state index contributed by atoms with van der Waals surface area (Å²) in [6, 6.07) is 10.5. The Morgan fingerprint density at radius 3 is 2.62 bits per heavy atom. The lowest BCUT2D eigenvalue weighted by Crippen LogP contribution is -2.22. The van der Waals surface area contributed by atoms with E-state index in [9.17, 15) is 4.79 Å². The van der Waals surface area contributed by atoms with Crippen LogP contribution in [0.1, 0.15) is 66.2 Å². The Labute approximate surface area is 220 Å². The Morgan fingerprint density at radius 2 is 1.84 bits per heavy atom. The van der Waals surface area contributed by atoms with Gasteiger partial charge in [0.15, 0.2) is 10.8 Å². The first kappa shape index (κ1) is 24.4. The van der Waals surface area contributed by atoms with Crippen molar-refractivity contribution in [3.8, 4) is 0 Å². The van der Waals surface area contributed by atoms with E-state index in [0.29, 0.717) is 58.6 Å². The molecule has 1 unspecified atom stereocenters. The molecular formula is C28H31N5O3S. The van der Waals surface area contributed by atoms with Crippen LogP contribution < -0.4 is 4.90 Å². The van der Waals surface area contributed by atoms with Gasteiger partial charge in [0.1, 0.15) is 16.7 Å². The molecule has 3 aliphatic rings. The number of aromatic nitrogens is 3. The Bertz CT molecular complexity index is 1280. The van der Waals surface area contributed by atoms with Crippen LogP contribution in [0.25, 0.3) is 10.3 Å². The van der Waals surface area contributed by atoms with Gasteiger partial charge in [0.25, 0.3) is 0 Å². The lowest BCUT2D eigenvalue weighted by Gasteiger charge is -2.23. The van der Waals surface area contributed by atoms with Gasteiger partial charge in [-0.3, -0.25) is 4.79 Å². The SMILES string of the molecule is N=C(CC1CCOCC1)C(=O)c1nc2c(N3CC(CCC4CCOCC4)c4c#cccc43)ncnc2s1. The summed E-state index contributed by atoms with van der Waals surface area (Å²) in [4.78, 5) is 29.7. The van der Waals surface area contributed by atoms with E-state index >= 15 is 0 Å². The number of Topliss-reactive ketones (excluding diaryl/α,β-unsaturated/α-hetero) is 1. The Hall–Kier alpha value is -2.93. The van der Waals surface area contributed by atoms with Crippen molar-refractivity contribution in [3.63, 3.8) is 0 Å². The van der Waals surface area contributed by atoms with Crippen LogP contribution in [0.3, 0.4) is 0 Å². The highest BCUT2D eigenvalue weighted by molar-refractivity contribution is 7.20. The summed E-state index contributed by atoms with van der Waals surface area (Å²) in [5, 5.41) is 8.75. The molecule has 0 amide bonds. The maximum Gasteiger partial charge on any atom is 0.235 e. The molecule has 8 nitrogen and oxygen atoms in total. The van der Waals surface area contributed by atoms with Gasteiger partial charge in [-0.15, -0.1) is 0 Å². The van der Waals surface area contributed by atoms with Gasteiger partial charge in [0, 0.05) is 44.5 Å². The van der Waals surface area contributed by atoms with Gasteiger partial charge in [0.2, 0.25) is 5.78 Å². The number of ketones is 1. The molecule has 0 radical (unpaired) electrons. The molecule has 9 heteroatoms. The first-order valence-electron chi connectivity index (χ1n) is 13.3. The predicted octanol–water partition coefficient (Wildman–Crippen LogP) is 5.15. The van der Waals surface area contributed by atoms with E-state index in [-0.39, 0.29) is 11.5 Å². The molecule has 3 aliphatic heterocycles. The van der Waals surface area contributed by atoms with Gasteiger partial charge in [-0.2, -0.15) is 0 Å². The molecule has 1 atom stereocenters. The smallest absolute Gasteiger partial charge is 0.235 e. The molecule has 0 saturated carbocycles. The lowest BCUT2D eigenvalue weighted by molar-refractivity contribution is 0.0628. The minimum absolute atomic E-state index is 0.116. The number of carbonyl (C=O) groups excluding carboxylic acids is 1. The molecule has 1 aromatic carbocycles. The van der Waals surface area contributed by atoms with E-state index in [1.165, 1.54) is 23.3 Å². The third kappa shape index (κ3) is 5.11. The van der Waals surface area contributed by atoms with Gasteiger partial charge < -0.3 is 19.8 Å². The molecule has 5 heterocycles. The van der Waals surface area contributed by atoms with Gasteiger partial charge in [-0.05, 0) is 68.9 Å². The molecule has 0 aliphatic carbocycles. The van der Waals surface area contributed by atoms with Crippen LogP contribution in [-0.4, -0.2) is 59.4 Å². The average Bonchev–Trinajstić information content (AvgIpc) is 3.54. The first-order valence-corrected chi connectivity index (χ1v) is 14.1. The van der Waals surface area contributed by atoms with Crippen molar-refractivity contribution in [3.05, 3.63) is 41.2 Å². The second kappa shape index (κ2) is 10.8. The molecule has 1 N–H and O–H groups in total. The zero-order valence-corrected chi connectivity index (χ0v) is 21.7. The van der Waals surface area contributed by atoms with Crippen molar-refractivity contribution < 1.29 is 14.3 Å². The van der Waals surface area contributed by atoms with Crippen molar-refractivity contribution in [2.75, 3.05) is 37.9 Å². The van der Waals surface area contributed by atoms with Crippen LogP contribution >= 0.6 is 11.3 Å². The number of nitrogens with zero attached hydrogens (tertiary/aromatic N) is 4. The number of hydrogen-bond donors (Lipinski definition) is 1. The summed E-state index contributed by atoms with van der Waals surface area (Å²) < 4.78 is 10.9. The summed E-state index contributed by atoms with van der Waals surface area (Å²) in [5.74, 6) is 1.79. The number of hydrogen-bond acceptors (Lipinski definition) is 9. The molecule has 2 fully saturated rings. The number of anilines is 2.